The number of hydrogen-bond acceptors (Lipinski definition) is 1. The average molecular weight is 284 g/mol. The van der Waals surface area contributed by atoms with Gasteiger partial charge in [-0.15, -0.1) is 11.3 Å². The summed E-state index contributed by atoms with van der Waals surface area (Å²) < 4.78 is 37.5. The molecule has 4 heteroatoms. The second kappa shape index (κ2) is 5.37. The molecule has 0 spiro atoms. The first kappa shape index (κ1) is 14.1. The summed E-state index contributed by atoms with van der Waals surface area (Å²) in [6.07, 6.45) is -2.16. The zero-order chi connectivity index (χ0) is 14.0. The maximum atomic E-state index is 12.5. The first-order valence-electron chi connectivity index (χ1n) is 6.18. The van der Waals surface area contributed by atoms with Crippen LogP contribution in [0.25, 0.3) is 10.4 Å². The van der Waals surface area contributed by atoms with Gasteiger partial charge >= 0.3 is 6.18 Å². The fourth-order valence-corrected chi connectivity index (χ4v) is 3.24. The van der Waals surface area contributed by atoms with Gasteiger partial charge in [0.15, 0.2) is 0 Å². The van der Waals surface area contributed by atoms with Crippen molar-refractivity contribution in [3.63, 3.8) is 0 Å². The summed E-state index contributed by atoms with van der Waals surface area (Å²) in [7, 11) is 0. The molecule has 0 atom stereocenters. The van der Waals surface area contributed by atoms with Crippen LogP contribution in [0.5, 0.6) is 0 Å². The fourth-order valence-electron chi connectivity index (χ4n) is 1.96. The van der Waals surface area contributed by atoms with Crippen LogP contribution >= 0.6 is 11.3 Å². The molecule has 0 nitrogen and oxygen atoms in total. The highest BCUT2D eigenvalue weighted by Crippen LogP contribution is 2.34. The summed E-state index contributed by atoms with van der Waals surface area (Å²) in [5.41, 5.74) is 1.48. The van der Waals surface area contributed by atoms with E-state index in [0.29, 0.717) is 0 Å². The summed E-state index contributed by atoms with van der Waals surface area (Å²) in [5.74, 6) is 0. The van der Waals surface area contributed by atoms with Gasteiger partial charge in [-0.25, -0.2) is 0 Å². The number of hydrogen-bond donors (Lipinski definition) is 0. The Kier molecular flexibility index (Phi) is 3.99. The second-order valence-corrected chi connectivity index (χ2v) is 5.68. The summed E-state index contributed by atoms with van der Waals surface area (Å²) in [4.78, 5) is 2.35. The summed E-state index contributed by atoms with van der Waals surface area (Å²) in [6, 6.07) is 7.43. The minimum atomic E-state index is -4.27. The second-order valence-electron chi connectivity index (χ2n) is 4.54. The Bertz CT molecular complexity index is 550. The van der Waals surface area contributed by atoms with Crippen LogP contribution < -0.4 is 0 Å². The largest absolute Gasteiger partial charge is 0.416 e. The van der Waals surface area contributed by atoms with Crippen molar-refractivity contribution >= 4 is 11.3 Å². The molecule has 0 bridgehead atoms. The van der Waals surface area contributed by atoms with Crippen molar-refractivity contribution in [2.45, 2.75) is 32.9 Å². The van der Waals surface area contributed by atoms with E-state index in [2.05, 4.69) is 19.9 Å². The van der Waals surface area contributed by atoms with Gasteiger partial charge in [-0.1, -0.05) is 25.5 Å². The maximum Gasteiger partial charge on any atom is 0.416 e. The van der Waals surface area contributed by atoms with Gasteiger partial charge < -0.3 is 0 Å². The van der Waals surface area contributed by atoms with E-state index in [9.17, 15) is 13.2 Å². The molecule has 0 unspecified atom stereocenters. The van der Waals surface area contributed by atoms with Gasteiger partial charge in [0.1, 0.15) is 0 Å². The molecule has 2 rings (SSSR count). The van der Waals surface area contributed by atoms with Gasteiger partial charge in [-0.05, 0) is 42.7 Å². The Balaban J connectivity index is 2.30. The number of rotatable bonds is 3. The Labute approximate surface area is 114 Å². The molecular formula is C15H15F3S. The number of aryl methyl sites for hydroxylation is 2. The predicted molar refractivity (Wildman–Crippen MR) is 73.5 cm³/mol. The molecule has 0 radical (unpaired) electrons. The van der Waals surface area contributed by atoms with Crippen molar-refractivity contribution in [2.24, 2.45) is 0 Å². The summed E-state index contributed by atoms with van der Waals surface area (Å²) >= 11 is 1.67. The lowest BCUT2D eigenvalue weighted by molar-refractivity contribution is -0.137. The first-order valence-corrected chi connectivity index (χ1v) is 7.00. The standard InChI is InChI=1S/C15H15F3S/c1-3-4-13-10(2)9-14(19-13)11-5-7-12(8-6-11)15(16,17)18/h5-9H,3-4H2,1-2H3. The Morgan fingerprint density at radius 2 is 1.74 bits per heavy atom. The van der Waals surface area contributed by atoms with Crippen LogP contribution in [-0.2, 0) is 12.6 Å². The molecular weight excluding hydrogens is 269 g/mol. The van der Waals surface area contributed by atoms with Crippen LogP contribution in [0, 0.1) is 6.92 Å². The average Bonchev–Trinajstić information content (AvgIpc) is 2.71. The van der Waals surface area contributed by atoms with Gasteiger partial charge in [-0.2, -0.15) is 13.2 Å². The summed E-state index contributed by atoms with van der Waals surface area (Å²) in [6.45, 7) is 4.17. The predicted octanol–water partition coefficient (Wildman–Crippen LogP) is 5.69. The third-order valence-electron chi connectivity index (χ3n) is 2.99. The van der Waals surface area contributed by atoms with Gasteiger partial charge in [0, 0.05) is 9.75 Å². The highest BCUT2D eigenvalue weighted by Gasteiger charge is 2.30. The molecule has 102 valence electrons. The monoisotopic (exact) mass is 284 g/mol. The van der Waals surface area contributed by atoms with Crippen LogP contribution in [0.3, 0.4) is 0 Å². The van der Waals surface area contributed by atoms with E-state index >= 15 is 0 Å². The smallest absolute Gasteiger partial charge is 0.166 e. The van der Waals surface area contributed by atoms with Gasteiger partial charge in [-0.3, -0.25) is 0 Å². The molecule has 19 heavy (non-hydrogen) atoms. The van der Waals surface area contributed by atoms with Crippen molar-refractivity contribution in [2.75, 3.05) is 0 Å². The van der Waals surface area contributed by atoms with Crippen molar-refractivity contribution in [1.29, 1.82) is 0 Å². The van der Waals surface area contributed by atoms with E-state index in [-0.39, 0.29) is 0 Å². The van der Waals surface area contributed by atoms with Crippen molar-refractivity contribution in [1.82, 2.24) is 0 Å². The normalized spacial score (nSPS) is 11.8. The molecule has 0 saturated heterocycles. The molecule has 0 saturated carbocycles. The molecule has 0 aliphatic heterocycles. The molecule has 0 amide bonds. The Morgan fingerprint density at radius 1 is 1.11 bits per heavy atom. The number of alkyl halides is 3. The molecule has 0 N–H and O–H groups in total. The minimum absolute atomic E-state index is 0.599. The van der Waals surface area contributed by atoms with Crippen molar-refractivity contribution < 1.29 is 13.2 Å². The molecule has 2 aromatic rings. The van der Waals surface area contributed by atoms with E-state index < -0.39 is 11.7 Å². The topological polar surface area (TPSA) is 0 Å². The highest BCUT2D eigenvalue weighted by atomic mass is 32.1. The van der Waals surface area contributed by atoms with Gasteiger partial charge in [0.25, 0.3) is 0 Å². The van der Waals surface area contributed by atoms with Crippen LogP contribution in [0.1, 0.15) is 29.3 Å². The van der Waals surface area contributed by atoms with E-state index in [1.807, 2.05) is 0 Å². The SMILES string of the molecule is CCCc1sc(-c2ccc(C(F)(F)F)cc2)cc1C. The van der Waals surface area contributed by atoms with Crippen LogP contribution in [0.15, 0.2) is 30.3 Å². The van der Waals surface area contributed by atoms with Crippen LogP contribution in [-0.4, -0.2) is 0 Å². The van der Waals surface area contributed by atoms with E-state index in [1.165, 1.54) is 10.4 Å². The number of thiophene rings is 1. The Morgan fingerprint density at radius 3 is 2.26 bits per heavy atom. The van der Waals surface area contributed by atoms with Gasteiger partial charge in [0.05, 0.1) is 5.56 Å². The zero-order valence-electron chi connectivity index (χ0n) is 10.8. The zero-order valence-corrected chi connectivity index (χ0v) is 11.7. The van der Waals surface area contributed by atoms with Gasteiger partial charge in [0.2, 0.25) is 0 Å². The van der Waals surface area contributed by atoms with E-state index in [0.717, 1.165) is 35.4 Å². The van der Waals surface area contributed by atoms with Crippen molar-refractivity contribution in [3.8, 4) is 10.4 Å². The van der Waals surface area contributed by atoms with Crippen LogP contribution in [0.4, 0.5) is 13.2 Å². The Hall–Kier alpha value is -1.29. The molecule has 0 fully saturated rings. The third-order valence-corrected chi connectivity index (χ3v) is 4.34. The lowest BCUT2D eigenvalue weighted by Gasteiger charge is -2.06. The van der Waals surface area contributed by atoms with Crippen molar-refractivity contribution in [3.05, 3.63) is 46.3 Å². The van der Waals surface area contributed by atoms with E-state index in [1.54, 1.807) is 23.5 Å². The molecule has 1 aromatic carbocycles. The lowest BCUT2D eigenvalue weighted by atomic mass is 10.1. The first-order chi connectivity index (χ1) is 8.91. The quantitative estimate of drug-likeness (QED) is 0.678. The molecule has 0 aliphatic rings. The van der Waals surface area contributed by atoms with Crippen LogP contribution in [0.2, 0.25) is 0 Å². The minimum Gasteiger partial charge on any atom is -0.166 e. The lowest BCUT2D eigenvalue weighted by Crippen LogP contribution is -2.03. The highest BCUT2D eigenvalue weighted by molar-refractivity contribution is 7.15. The number of benzene rings is 1. The third kappa shape index (κ3) is 3.18. The van der Waals surface area contributed by atoms with E-state index in [4.69, 9.17) is 0 Å². The molecule has 0 aliphatic carbocycles. The molecule has 1 heterocycles. The molecule has 1 aromatic heterocycles. The maximum absolute atomic E-state index is 12.5. The summed E-state index contributed by atoms with van der Waals surface area (Å²) in [5, 5.41) is 0. The number of halogens is 3. The fraction of sp³-hybridized carbons (Fsp3) is 0.333.